The molecule has 0 saturated carbocycles. The van der Waals surface area contributed by atoms with Crippen LogP contribution < -0.4 is 15.4 Å². The first kappa shape index (κ1) is 17.9. The van der Waals surface area contributed by atoms with Gasteiger partial charge in [0.1, 0.15) is 16.8 Å². The van der Waals surface area contributed by atoms with E-state index in [-0.39, 0.29) is 17.7 Å². The van der Waals surface area contributed by atoms with Crippen LogP contribution in [0, 0.1) is 12.8 Å². The maximum Gasteiger partial charge on any atom is 0.251 e. The molecule has 1 aromatic carbocycles. The lowest BCUT2D eigenvalue weighted by Gasteiger charge is -2.21. The molecule has 7 nitrogen and oxygen atoms in total. The zero-order valence-corrected chi connectivity index (χ0v) is 14.8. The van der Waals surface area contributed by atoms with E-state index in [9.17, 15) is 9.59 Å². The molecule has 2 N–H and O–H groups in total. The van der Waals surface area contributed by atoms with Crippen LogP contribution in [0.4, 0.5) is 5.13 Å². The lowest BCUT2D eigenvalue weighted by molar-refractivity contribution is -0.118. The third-order valence-electron chi connectivity index (χ3n) is 3.34. The summed E-state index contributed by atoms with van der Waals surface area (Å²) in [6.45, 7) is 5.53. The van der Waals surface area contributed by atoms with Crippen molar-refractivity contribution in [1.82, 2.24) is 15.5 Å². The fourth-order valence-corrected chi connectivity index (χ4v) is 2.63. The number of methoxy groups -OCH3 is 1. The Morgan fingerprint density at radius 2 is 1.83 bits per heavy atom. The summed E-state index contributed by atoms with van der Waals surface area (Å²) in [6.07, 6.45) is 0. The van der Waals surface area contributed by atoms with Gasteiger partial charge in [-0.05, 0) is 37.1 Å². The molecule has 1 atom stereocenters. The predicted octanol–water partition coefficient (Wildman–Crippen LogP) is 2.25. The number of aryl methyl sites for hydroxylation is 1. The van der Waals surface area contributed by atoms with Crippen LogP contribution in [0.3, 0.4) is 0 Å². The minimum atomic E-state index is -0.677. The number of rotatable bonds is 6. The molecule has 8 heteroatoms. The van der Waals surface area contributed by atoms with Crippen LogP contribution in [0.25, 0.3) is 0 Å². The summed E-state index contributed by atoms with van der Waals surface area (Å²) in [5, 5.41) is 14.3. The number of hydrogen-bond acceptors (Lipinski definition) is 6. The Hall–Kier alpha value is -2.48. The molecule has 0 aliphatic heterocycles. The van der Waals surface area contributed by atoms with Crippen molar-refractivity contribution in [3.05, 3.63) is 34.8 Å². The Kier molecular flexibility index (Phi) is 5.86. The number of anilines is 1. The van der Waals surface area contributed by atoms with Gasteiger partial charge in [0.2, 0.25) is 11.0 Å². The van der Waals surface area contributed by atoms with Gasteiger partial charge in [-0.25, -0.2) is 0 Å². The molecular formula is C16H20N4O3S. The summed E-state index contributed by atoms with van der Waals surface area (Å²) < 4.78 is 5.07. The number of benzene rings is 1. The molecule has 2 aromatic rings. The highest BCUT2D eigenvalue weighted by Crippen LogP contribution is 2.16. The Bertz CT molecular complexity index is 712. The molecule has 0 aliphatic rings. The van der Waals surface area contributed by atoms with Crippen molar-refractivity contribution >= 4 is 28.3 Å². The van der Waals surface area contributed by atoms with Crippen LogP contribution in [-0.2, 0) is 4.79 Å². The van der Waals surface area contributed by atoms with Crippen molar-refractivity contribution in [2.45, 2.75) is 26.8 Å². The predicted molar refractivity (Wildman–Crippen MR) is 92.4 cm³/mol. The monoisotopic (exact) mass is 348 g/mol. The molecule has 1 heterocycles. The van der Waals surface area contributed by atoms with Crippen LogP contribution >= 0.6 is 11.3 Å². The molecule has 0 bridgehead atoms. The van der Waals surface area contributed by atoms with Gasteiger partial charge in [-0.3, -0.25) is 14.9 Å². The molecule has 0 radical (unpaired) electrons. The maximum absolute atomic E-state index is 12.4. The normalized spacial score (nSPS) is 11.9. The van der Waals surface area contributed by atoms with E-state index in [1.54, 1.807) is 38.3 Å². The van der Waals surface area contributed by atoms with E-state index in [2.05, 4.69) is 20.8 Å². The second-order valence-corrected chi connectivity index (χ2v) is 6.72. The largest absolute Gasteiger partial charge is 0.497 e. The maximum atomic E-state index is 12.4. The van der Waals surface area contributed by atoms with Gasteiger partial charge >= 0.3 is 0 Å². The van der Waals surface area contributed by atoms with Crippen molar-refractivity contribution in [3.63, 3.8) is 0 Å². The van der Waals surface area contributed by atoms with Gasteiger partial charge in [-0.1, -0.05) is 25.2 Å². The second kappa shape index (κ2) is 7.87. The van der Waals surface area contributed by atoms with Crippen LogP contribution in [0.1, 0.15) is 29.2 Å². The van der Waals surface area contributed by atoms with E-state index < -0.39 is 6.04 Å². The van der Waals surface area contributed by atoms with Crippen molar-refractivity contribution in [3.8, 4) is 5.75 Å². The number of carbonyl (C=O) groups is 2. The molecule has 1 unspecified atom stereocenters. The summed E-state index contributed by atoms with van der Waals surface area (Å²) >= 11 is 1.28. The van der Waals surface area contributed by atoms with E-state index in [0.29, 0.717) is 16.4 Å². The number of aromatic nitrogens is 2. The average molecular weight is 348 g/mol. The van der Waals surface area contributed by atoms with Gasteiger partial charge < -0.3 is 10.1 Å². The number of hydrogen-bond donors (Lipinski definition) is 2. The van der Waals surface area contributed by atoms with Gasteiger partial charge in [-0.15, -0.1) is 10.2 Å². The Balaban J connectivity index is 2.06. The number of carbonyl (C=O) groups excluding carboxylic acids is 2. The fraction of sp³-hybridized carbons (Fsp3) is 0.375. The molecule has 2 rings (SSSR count). The first-order valence-electron chi connectivity index (χ1n) is 7.46. The van der Waals surface area contributed by atoms with Gasteiger partial charge in [0.15, 0.2) is 0 Å². The van der Waals surface area contributed by atoms with Gasteiger partial charge in [0.05, 0.1) is 7.11 Å². The highest BCUT2D eigenvalue weighted by Gasteiger charge is 2.25. The summed E-state index contributed by atoms with van der Waals surface area (Å²) in [5.41, 5.74) is 0.459. The minimum Gasteiger partial charge on any atom is -0.497 e. The van der Waals surface area contributed by atoms with Crippen LogP contribution in [0.5, 0.6) is 5.75 Å². The van der Waals surface area contributed by atoms with E-state index in [0.717, 1.165) is 5.01 Å². The zero-order chi connectivity index (χ0) is 17.7. The molecule has 2 amide bonds. The summed E-state index contributed by atoms with van der Waals surface area (Å²) in [5.74, 6) is -0.0551. The van der Waals surface area contributed by atoms with Gasteiger partial charge in [0, 0.05) is 5.56 Å². The average Bonchev–Trinajstić information content (AvgIpc) is 2.96. The van der Waals surface area contributed by atoms with Crippen molar-refractivity contribution in [2.75, 3.05) is 12.4 Å². The summed E-state index contributed by atoms with van der Waals surface area (Å²) in [7, 11) is 1.56. The Morgan fingerprint density at radius 3 is 2.33 bits per heavy atom. The topological polar surface area (TPSA) is 93.2 Å². The van der Waals surface area contributed by atoms with E-state index in [4.69, 9.17) is 4.74 Å². The number of nitrogens with zero attached hydrogens (tertiary/aromatic N) is 2. The van der Waals surface area contributed by atoms with Crippen LogP contribution in [-0.4, -0.2) is 35.2 Å². The molecule has 128 valence electrons. The standard InChI is InChI=1S/C16H20N4O3S/c1-9(2)13(15(22)18-16-20-19-10(3)24-16)17-14(21)11-5-7-12(23-4)8-6-11/h5-9,13H,1-4H3,(H,17,21)(H,18,20,22). The summed E-state index contributed by atoms with van der Waals surface area (Å²) in [4.78, 5) is 24.8. The highest BCUT2D eigenvalue weighted by atomic mass is 32.1. The SMILES string of the molecule is COc1ccc(C(=O)NC(C(=O)Nc2nnc(C)s2)C(C)C)cc1. The number of nitrogens with one attached hydrogen (secondary N) is 2. The van der Waals surface area contributed by atoms with E-state index >= 15 is 0 Å². The second-order valence-electron chi connectivity index (χ2n) is 5.54. The molecular weight excluding hydrogens is 328 g/mol. The number of amides is 2. The third kappa shape index (κ3) is 4.51. The van der Waals surface area contributed by atoms with Gasteiger partial charge in [0.25, 0.3) is 5.91 Å². The lowest BCUT2D eigenvalue weighted by Crippen LogP contribution is -2.47. The zero-order valence-electron chi connectivity index (χ0n) is 14.0. The molecule has 0 fully saturated rings. The van der Waals surface area contributed by atoms with Crippen LogP contribution in [0.15, 0.2) is 24.3 Å². The van der Waals surface area contributed by atoms with Gasteiger partial charge in [-0.2, -0.15) is 0 Å². The summed E-state index contributed by atoms with van der Waals surface area (Å²) in [6, 6.07) is 6.02. The number of ether oxygens (including phenoxy) is 1. The smallest absolute Gasteiger partial charge is 0.251 e. The van der Waals surface area contributed by atoms with Crippen molar-refractivity contribution < 1.29 is 14.3 Å². The van der Waals surface area contributed by atoms with E-state index in [1.165, 1.54) is 11.3 Å². The minimum absolute atomic E-state index is 0.0822. The van der Waals surface area contributed by atoms with Crippen molar-refractivity contribution in [2.24, 2.45) is 5.92 Å². The molecule has 0 spiro atoms. The van der Waals surface area contributed by atoms with Crippen LogP contribution in [0.2, 0.25) is 0 Å². The first-order valence-corrected chi connectivity index (χ1v) is 8.28. The molecule has 0 saturated heterocycles. The lowest BCUT2D eigenvalue weighted by atomic mass is 10.0. The molecule has 24 heavy (non-hydrogen) atoms. The Labute approximate surface area is 144 Å². The third-order valence-corrected chi connectivity index (χ3v) is 4.10. The Morgan fingerprint density at radius 1 is 1.17 bits per heavy atom. The fourth-order valence-electron chi connectivity index (χ4n) is 2.03. The first-order chi connectivity index (χ1) is 11.4. The van der Waals surface area contributed by atoms with E-state index in [1.807, 2.05) is 13.8 Å². The highest BCUT2D eigenvalue weighted by molar-refractivity contribution is 7.15. The van der Waals surface area contributed by atoms with Crippen molar-refractivity contribution in [1.29, 1.82) is 0 Å². The molecule has 1 aromatic heterocycles. The molecule has 0 aliphatic carbocycles. The quantitative estimate of drug-likeness (QED) is 0.835.